The van der Waals surface area contributed by atoms with E-state index in [-0.39, 0.29) is 4.90 Å². The molecule has 1 unspecified atom stereocenters. The zero-order valence-electron chi connectivity index (χ0n) is 14.4. The van der Waals surface area contributed by atoms with E-state index in [0.29, 0.717) is 17.0 Å². The maximum Gasteiger partial charge on any atom is 0.263 e. The van der Waals surface area contributed by atoms with E-state index in [1.165, 1.54) is 16.2 Å². The van der Waals surface area contributed by atoms with E-state index >= 15 is 0 Å². The third-order valence-electron chi connectivity index (χ3n) is 4.29. The number of nitrogens with one attached hydrogen (secondary N) is 1. The van der Waals surface area contributed by atoms with Gasteiger partial charge in [0.15, 0.2) is 5.13 Å². The van der Waals surface area contributed by atoms with Crippen molar-refractivity contribution in [3.05, 3.63) is 40.4 Å². The van der Waals surface area contributed by atoms with Crippen LogP contribution in [0.2, 0.25) is 0 Å². The summed E-state index contributed by atoms with van der Waals surface area (Å²) in [6, 6.07) is 7.14. The zero-order valence-corrected chi connectivity index (χ0v) is 16.0. The van der Waals surface area contributed by atoms with Gasteiger partial charge in [0, 0.05) is 4.88 Å². The molecule has 0 radical (unpaired) electrons. The third kappa shape index (κ3) is 3.98. The van der Waals surface area contributed by atoms with Gasteiger partial charge < -0.3 is 0 Å². The fourth-order valence-corrected chi connectivity index (χ4v) is 5.44. The average molecular weight is 365 g/mol. The Balaban J connectivity index is 1.76. The quantitative estimate of drug-likeness (QED) is 0.862. The fraction of sp³-hybridized carbons (Fsp3) is 0.500. The lowest BCUT2D eigenvalue weighted by Gasteiger charge is -2.15. The number of aryl methyl sites for hydroxylation is 1. The molecule has 0 amide bonds. The van der Waals surface area contributed by atoms with Gasteiger partial charge in [-0.15, -0.1) is 11.3 Å². The largest absolute Gasteiger partial charge is 0.263 e. The van der Waals surface area contributed by atoms with Gasteiger partial charge in [-0.1, -0.05) is 32.9 Å². The second-order valence-electron chi connectivity index (χ2n) is 7.08. The summed E-state index contributed by atoms with van der Waals surface area (Å²) in [5.74, 6) is 1.20. The normalized spacial score (nSPS) is 17.8. The first kappa shape index (κ1) is 17.4. The fourth-order valence-electron chi connectivity index (χ4n) is 3.03. The van der Waals surface area contributed by atoms with Crippen LogP contribution in [-0.4, -0.2) is 13.4 Å². The molecule has 4 nitrogen and oxygen atoms in total. The first-order valence-electron chi connectivity index (χ1n) is 8.44. The summed E-state index contributed by atoms with van der Waals surface area (Å²) < 4.78 is 27.8. The molecule has 6 heteroatoms. The van der Waals surface area contributed by atoms with Gasteiger partial charge >= 0.3 is 0 Å². The van der Waals surface area contributed by atoms with Crippen LogP contribution in [0.1, 0.15) is 43.3 Å². The number of thiazole rings is 1. The molecular formula is C18H24N2O2S2. The van der Waals surface area contributed by atoms with Crippen LogP contribution in [0.15, 0.2) is 29.2 Å². The second-order valence-corrected chi connectivity index (χ2v) is 9.85. The van der Waals surface area contributed by atoms with Crippen LogP contribution in [0.4, 0.5) is 5.13 Å². The van der Waals surface area contributed by atoms with Crippen molar-refractivity contribution in [3.63, 3.8) is 0 Å². The van der Waals surface area contributed by atoms with Crippen molar-refractivity contribution in [1.82, 2.24) is 4.98 Å². The number of fused-ring (bicyclic) bond motifs is 1. The third-order valence-corrected chi connectivity index (χ3v) is 6.80. The van der Waals surface area contributed by atoms with Crippen LogP contribution in [0.25, 0.3) is 0 Å². The summed E-state index contributed by atoms with van der Waals surface area (Å²) in [6.45, 7) is 6.53. The number of anilines is 1. The van der Waals surface area contributed by atoms with Crippen molar-refractivity contribution in [2.45, 2.75) is 51.3 Å². The van der Waals surface area contributed by atoms with E-state index in [4.69, 9.17) is 0 Å². The summed E-state index contributed by atoms with van der Waals surface area (Å²) in [6.07, 6.45) is 4.02. The molecule has 1 aromatic heterocycles. The summed E-state index contributed by atoms with van der Waals surface area (Å²) in [5, 5.41) is 0.486. The summed E-state index contributed by atoms with van der Waals surface area (Å²) in [5.41, 5.74) is 2.21. The molecule has 1 heterocycles. The number of rotatable bonds is 5. The van der Waals surface area contributed by atoms with Crippen LogP contribution < -0.4 is 4.72 Å². The Morgan fingerprint density at radius 1 is 1.29 bits per heavy atom. The SMILES string of the molecule is CC(C)Cc1ccc(S(=O)(=O)Nc2nc3c(s2)CC(C)CC3)cc1. The Morgan fingerprint density at radius 2 is 2.00 bits per heavy atom. The molecule has 3 rings (SSSR count). The Hall–Kier alpha value is -1.40. The minimum Gasteiger partial charge on any atom is -0.255 e. The van der Waals surface area contributed by atoms with Gasteiger partial charge in [-0.3, -0.25) is 4.72 Å². The summed E-state index contributed by atoms with van der Waals surface area (Å²) in [4.78, 5) is 5.99. The van der Waals surface area contributed by atoms with Crippen LogP contribution in [0.5, 0.6) is 0 Å². The minimum absolute atomic E-state index is 0.288. The first-order valence-corrected chi connectivity index (χ1v) is 10.7. The van der Waals surface area contributed by atoms with Gasteiger partial charge in [-0.25, -0.2) is 13.4 Å². The van der Waals surface area contributed by atoms with Gasteiger partial charge in [0.05, 0.1) is 10.6 Å². The average Bonchev–Trinajstić information content (AvgIpc) is 2.87. The maximum atomic E-state index is 12.6. The topological polar surface area (TPSA) is 59.1 Å². The van der Waals surface area contributed by atoms with Gasteiger partial charge in [0.25, 0.3) is 10.0 Å². The van der Waals surface area contributed by atoms with Gasteiger partial charge in [-0.2, -0.15) is 0 Å². The lowest BCUT2D eigenvalue weighted by molar-refractivity contribution is 0.502. The van der Waals surface area contributed by atoms with E-state index in [1.54, 1.807) is 12.1 Å². The summed E-state index contributed by atoms with van der Waals surface area (Å²) >= 11 is 1.47. The molecule has 1 aromatic carbocycles. The van der Waals surface area contributed by atoms with Gasteiger partial charge in [0.2, 0.25) is 0 Å². The molecular weight excluding hydrogens is 340 g/mol. The second kappa shape index (κ2) is 6.84. The number of benzene rings is 1. The highest BCUT2D eigenvalue weighted by atomic mass is 32.2. The summed E-state index contributed by atoms with van der Waals surface area (Å²) in [7, 11) is -3.57. The molecule has 2 aromatic rings. The van der Waals surface area contributed by atoms with E-state index in [9.17, 15) is 8.42 Å². The molecule has 1 N–H and O–H groups in total. The van der Waals surface area contributed by atoms with Gasteiger partial charge in [0.1, 0.15) is 0 Å². The highest BCUT2D eigenvalue weighted by molar-refractivity contribution is 7.93. The van der Waals surface area contributed by atoms with Gasteiger partial charge in [-0.05, 0) is 55.2 Å². The molecule has 0 fully saturated rings. The molecule has 1 atom stereocenters. The van der Waals surface area contributed by atoms with E-state index in [1.807, 2.05) is 12.1 Å². The monoisotopic (exact) mass is 364 g/mol. The molecule has 0 bridgehead atoms. The Bertz CT molecular complexity index is 808. The van der Waals surface area contributed by atoms with E-state index in [2.05, 4.69) is 30.5 Å². The predicted octanol–water partition coefficient (Wildman–Crippen LogP) is 4.27. The van der Waals surface area contributed by atoms with Crippen LogP contribution in [0.3, 0.4) is 0 Å². The van der Waals surface area contributed by atoms with E-state index in [0.717, 1.165) is 36.9 Å². The number of hydrogen-bond acceptors (Lipinski definition) is 4. The number of hydrogen-bond donors (Lipinski definition) is 1. The van der Waals surface area contributed by atoms with Crippen molar-refractivity contribution in [3.8, 4) is 0 Å². The zero-order chi connectivity index (χ0) is 17.3. The maximum absolute atomic E-state index is 12.6. The minimum atomic E-state index is -3.57. The van der Waals surface area contributed by atoms with Crippen molar-refractivity contribution >= 4 is 26.5 Å². The predicted molar refractivity (Wildman–Crippen MR) is 99.1 cm³/mol. The lowest BCUT2D eigenvalue weighted by atomic mass is 9.93. The number of sulfonamides is 1. The molecule has 1 aliphatic carbocycles. The van der Waals surface area contributed by atoms with Crippen molar-refractivity contribution < 1.29 is 8.42 Å². The Morgan fingerprint density at radius 3 is 2.67 bits per heavy atom. The van der Waals surface area contributed by atoms with E-state index < -0.39 is 10.0 Å². The van der Waals surface area contributed by atoms with Crippen molar-refractivity contribution in [1.29, 1.82) is 0 Å². The lowest BCUT2D eigenvalue weighted by Crippen LogP contribution is -2.13. The molecule has 24 heavy (non-hydrogen) atoms. The number of aromatic nitrogens is 1. The highest BCUT2D eigenvalue weighted by Crippen LogP contribution is 2.33. The smallest absolute Gasteiger partial charge is 0.255 e. The molecule has 0 aliphatic heterocycles. The Kier molecular flexibility index (Phi) is 4.97. The van der Waals surface area contributed by atoms with Crippen molar-refractivity contribution in [2.75, 3.05) is 4.72 Å². The Labute approximate surface area is 148 Å². The standard InChI is InChI=1S/C18H24N2O2S2/c1-12(2)10-14-5-7-15(8-6-14)24(21,22)20-18-19-16-9-4-13(3)11-17(16)23-18/h5-8,12-13H,4,9-11H2,1-3H3,(H,19,20). The molecule has 0 spiro atoms. The molecule has 0 saturated heterocycles. The first-order chi connectivity index (χ1) is 11.3. The number of nitrogens with zero attached hydrogens (tertiary/aromatic N) is 1. The molecule has 1 aliphatic rings. The highest BCUT2D eigenvalue weighted by Gasteiger charge is 2.22. The molecule has 0 saturated carbocycles. The van der Waals surface area contributed by atoms with Crippen LogP contribution in [-0.2, 0) is 29.3 Å². The molecule has 130 valence electrons. The van der Waals surface area contributed by atoms with Crippen LogP contribution in [0, 0.1) is 11.8 Å². The van der Waals surface area contributed by atoms with Crippen molar-refractivity contribution in [2.24, 2.45) is 11.8 Å². The van der Waals surface area contributed by atoms with Crippen LogP contribution >= 0.6 is 11.3 Å².